The first kappa shape index (κ1) is 13.2. The van der Waals surface area contributed by atoms with Crippen LogP contribution in [0.25, 0.3) is 10.9 Å². The van der Waals surface area contributed by atoms with Crippen molar-refractivity contribution < 1.29 is 4.79 Å². The normalized spacial score (nSPS) is 13.3. The minimum atomic E-state index is -0.297. The van der Waals surface area contributed by atoms with Gasteiger partial charge in [0.25, 0.3) is 5.91 Å². The Hall–Kier alpha value is -2.47. The molecule has 0 fully saturated rings. The maximum atomic E-state index is 12.5. The van der Waals surface area contributed by atoms with E-state index in [1.165, 1.54) is 22.3 Å². The van der Waals surface area contributed by atoms with E-state index in [-0.39, 0.29) is 11.5 Å². The Labute approximate surface area is 130 Å². The number of fused-ring (bicyclic) bond motifs is 2. The first-order valence-electron chi connectivity index (χ1n) is 7.13. The molecule has 22 heavy (non-hydrogen) atoms. The molecule has 0 saturated heterocycles. The predicted octanol–water partition coefficient (Wildman–Crippen LogP) is 2.73. The van der Waals surface area contributed by atoms with Gasteiger partial charge < -0.3 is 4.98 Å². The van der Waals surface area contributed by atoms with Gasteiger partial charge in [-0.05, 0) is 25.3 Å². The van der Waals surface area contributed by atoms with Gasteiger partial charge in [-0.25, -0.2) is 4.98 Å². The number of aromatic nitrogens is 2. The predicted molar refractivity (Wildman–Crippen MR) is 86.7 cm³/mol. The largest absolute Gasteiger partial charge is 0.322 e. The fraction of sp³-hybridized carbons (Fsp3) is 0.188. The van der Waals surface area contributed by atoms with E-state index in [1.807, 2.05) is 18.2 Å². The number of anilines is 1. The second-order valence-corrected chi connectivity index (χ2v) is 6.37. The maximum Gasteiger partial charge on any atom is 0.258 e. The maximum absolute atomic E-state index is 12.5. The highest BCUT2D eigenvalue weighted by Gasteiger charge is 2.19. The van der Waals surface area contributed by atoms with Gasteiger partial charge in [0, 0.05) is 21.8 Å². The highest BCUT2D eigenvalue weighted by molar-refractivity contribution is 7.16. The van der Waals surface area contributed by atoms with Gasteiger partial charge in [0.2, 0.25) is 5.56 Å². The molecule has 0 atom stereocenters. The zero-order valence-electron chi connectivity index (χ0n) is 11.7. The number of aryl methyl sites for hydroxylation is 2. The average Bonchev–Trinajstić information content (AvgIpc) is 3.07. The number of benzene rings is 1. The minimum Gasteiger partial charge on any atom is -0.322 e. The van der Waals surface area contributed by atoms with Gasteiger partial charge in [-0.2, -0.15) is 0 Å². The van der Waals surface area contributed by atoms with E-state index < -0.39 is 0 Å². The number of rotatable bonds is 2. The van der Waals surface area contributed by atoms with Gasteiger partial charge in [0.15, 0.2) is 5.13 Å². The summed E-state index contributed by atoms with van der Waals surface area (Å²) in [6, 6.07) is 8.60. The smallest absolute Gasteiger partial charge is 0.258 e. The Morgan fingerprint density at radius 2 is 2.14 bits per heavy atom. The van der Waals surface area contributed by atoms with Crippen LogP contribution >= 0.6 is 11.3 Å². The van der Waals surface area contributed by atoms with Crippen LogP contribution in [0.2, 0.25) is 0 Å². The first-order chi connectivity index (χ1) is 10.7. The van der Waals surface area contributed by atoms with Gasteiger partial charge in [-0.15, -0.1) is 11.3 Å². The summed E-state index contributed by atoms with van der Waals surface area (Å²) in [6.07, 6.45) is 3.16. The van der Waals surface area contributed by atoms with Crippen LogP contribution in [0.3, 0.4) is 0 Å². The van der Waals surface area contributed by atoms with Crippen molar-refractivity contribution in [1.82, 2.24) is 9.97 Å². The van der Waals surface area contributed by atoms with E-state index >= 15 is 0 Å². The number of hydrogen-bond donors (Lipinski definition) is 2. The third-order valence-corrected chi connectivity index (χ3v) is 4.88. The number of aromatic amines is 1. The van der Waals surface area contributed by atoms with Crippen molar-refractivity contribution >= 4 is 33.3 Å². The van der Waals surface area contributed by atoms with Gasteiger partial charge in [-0.3, -0.25) is 14.9 Å². The Bertz CT molecular complexity index is 920. The van der Waals surface area contributed by atoms with Crippen molar-refractivity contribution in [2.45, 2.75) is 19.3 Å². The lowest BCUT2D eigenvalue weighted by Gasteiger charge is -2.05. The molecule has 4 rings (SSSR count). The van der Waals surface area contributed by atoms with Crippen molar-refractivity contribution in [2.75, 3.05) is 5.32 Å². The molecular weight excluding hydrogens is 298 g/mol. The van der Waals surface area contributed by atoms with E-state index in [2.05, 4.69) is 15.3 Å². The molecule has 2 aromatic heterocycles. The second-order valence-electron chi connectivity index (χ2n) is 5.29. The summed E-state index contributed by atoms with van der Waals surface area (Å²) in [5, 5.41) is 4.16. The zero-order chi connectivity index (χ0) is 15.1. The van der Waals surface area contributed by atoms with E-state index in [9.17, 15) is 9.59 Å². The number of H-pyrrole nitrogens is 1. The Morgan fingerprint density at radius 1 is 1.27 bits per heavy atom. The second kappa shape index (κ2) is 5.06. The van der Waals surface area contributed by atoms with E-state index in [4.69, 9.17) is 0 Å². The van der Waals surface area contributed by atoms with Crippen LogP contribution in [0.5, 0.6) is 0 Å². The Balaban J connectivity index is 1.71. The van der Waals surface area contributed by atoms with Crippen molar-refractivity contribution in [3.8, 4) is 0 Å². The van der Waals surface area contributed by atoms with Crippen LogP contribution in [-0.2, 0) is 12.8 Å². The molecule has 5 nitrogen and oxygen atoms in total. The number of amides is 1. The van der Waals surface area contributed by atoms with Gasteiger partial charge >= 0.3 is 0 Å². The van der Waals surface area contributed by atoms with Crippen LogP contribution in [0.15, 0.2) is 35.1 Å². The average molecular weight is 311 g/mol. The molecule has 0 radical (unpaired) electrons. The van der Waals surface area contributed by atoms with Crippen LogP contribution in [0.4, 0.5) is 5.13 Å². The summed E-state index contributed by atoms with van der Waals surface area (Å²) in [5.74, 6) is -0.297. The molecule has 1 aromatic carbocycles. The molecule has 0 spiro atoms. The van der Waals surface area contributed by atoms with E-state index in [1.54, 1.807) is 6.07 Å². The number of pyridine rings is 1. The number of thiazole rings is 1. The zero-order valence-corrected chi connectivity index (χ0v) is 12.5. The summed E-state index contributed by atoms with van der Waals surface area (Å²) in [6.45, 7) is 0. The molecule has 0 saturated carbocycles. The summed E-state index contributed by atoms with van der Waals surface area (Å²) >= 11 is 1.53. The molecule has 1 amide bonds. The lowest BCUT2D eigenvalue weighted by Crippen LogP contribution is -2.16. The van der Waals surface area contributed by atoms with Gasteiger partial charge in [0.1, 0.15) is 0 Å². The highest BCUT2D eigenvalue weighted by atomic mass is 32.1. The van der Waals surface area contributed by atoms with Crippen molar-refractivity contribution in [2.24, 2.45) is 0 Å². The third kappa shape index (κ3) is 2.21. The van der Waals surface area contributed by atoms with Crippen LogP contribution < -0.4 is 10.9 Å². The third-order valence-electron chi connectivity index (χ3n) is 3.81. The molecule has 1 aliphatic carbocycles. The Kier molecular flexibility index (Phi) is 3.04. The summed E-state index contributed by atoms with van der Waals surface area (Å²) in [5.41, 5.74) is 1.83. The quantitative estimate of drug-likeness (QED) is 0.764. The monoisotopic (exact) mass is 311 g/mol. The first-order valence-corrected chi connectivity index (χ1v) is 7.94. The fourth-order valence-corrected chi connectivity index (χ4v) is 3.85. The molecule has 2 heterocycles. The molecule has 2 N–H and O–H groups in total. The summed E-state index contributed by atoms with van der Waals surface area (Å²) in [7, 11) is 0. The lowest BCUT2D eigenvalue weighted by molar-refractivity contribution is 0.102. The minimum absolute atomic E-state index is 0.287. The molecule has 6 heteroatoms. The molecule has 3 aromatic rings. The molecule has 0 aliphatic heterocycles. The SMILES string of the molecule is O=C(Nc1nc2c(s1)CCC2)c1cc(=O)[nH]c2ccccc12. The van der Waals surface area contributed by atoms with E-state index in [0.29, 0.717) is 16.2 Å². The number of para-hydroxylation sites is 1. The fourth-order valence-electron chi connectivity index (χ4n) is 2.80. The van der Waals surface area contributed by atoms with Crippen LogP contribution in [0, 0.1) is 0 Å². The van der Waals surface area contributed by atoms with Crippen LogP contribution in [-0.4, -0.2) is 15.9 Å². The molecular formula is C16H13N3O2S. The standard InChI is InChI=1S/C16H13N3O2S/c20-14-8-10(9-4-1-2-5-11(9)17-14)15(21)19-16-18-12-6-3-7-13(12)22-16/h1-2,4-5,8H,3,6-7H2,(H,17,20)(H,18,19,21). The summed E-state index contributed by atoms with van der Waals surface area (Å²) in [4.78, 5) is 32.7. The van der Waals surface area contributed by atoms with Gasteiger partial charge in [-0.1, -0.05) is 18.2 Å². The van der Waals surface area contributed by atoms with E-state index in [0.717, 1.165) is 30.3 Å². The van der Waals surface area contributed by atoms with Crippen LogP contribution in [0.1, 0.15) is 27.3 Å². The summed E-state index contributed by atoms with van der Waals surface area (Å²) < 4.78 is 0. The van der Waals surface area contributed by atoms with Gasteiger partial charge in [0.05, 0.1) is 11.3 Å². The van der Waals surface area contributed by atoms with Crippen molar-refractivity contribution in [3.63, 3.8) is 0 Å². The number of nitrogens with zero attached hydrogens (tertiary/aromatic N) is 1. The lowest BCUT2D eigenvalue weighted by atomic mass is 10.1. The number of nitrogens with one attached hydrogen (secondary N) is 2. The molecule has 1 aliphatic rings. The number of hydrogen-bond acceptors (Lipinski definition) is 4. The Morgan fingerprint density at radius 3 is 3.00 bits per heavy atom. The molecule has 0 unspecified atom stereocenters. The van der Waals surface area contributed by atoms with Crippen molar-refractivity contribution in [3.05, 3.63) is 56.8 Å². The highest BCUT2D eigenvalue weighted by Crippen LogP contribution is 2.30. The number of carbonyl (C=O) groups excluding carboxylic acids is 1. The van der Waals surface area contributed by atoms with Crippen molar-refractivity contribution in [1.29, 1.82) is 0 Å². The number of carbonyl (C=O) groups is 1. The topological polar surface area (TPSA) is 74.8 Å². The molecule has 110 valence electrons. The molecule has 0 bridgehead atoms.